The van der Waals surface area contributed by atoms with Crippen LogP contribution in [0.1, 0.15) is 5.69 Å². The average molecular weight is 232 g/mol. The highest BCUT2D eigenvalue weighted by Gasteiger charge is 2.06. The second-order valence-electron chi connectivity index (χ2n) is 3.65. The molecule has 0 bridgehead atoms. The van der Waals surface area contributed by atoms with Crippen molar-refractivity contribution < 1.29 is 4.74 Å². The van der Waals surface area contributed by atoms with E-state index in [1.54, 1.807) is 19.5 Å². The summed E-state index contributed by atoms with van der Waals surface area (Å²) < 4.78 is 6.98. The summed E-state index contributed by atoms with van der Waals surface area (Å²) in [5, 5.41) is 3.22. The number of hydrogen-bond donors (Lipinski definition) is 1. The predicted molar refractivity (Wildman–Crippen MR) is 66.5 cm³/mol. The number of ether oxygens (including phenoxy) is 1. The molecule has 0 amide bonds. The fourth-order valence-electron chi connectivity index (χ4n) is 1.62. The summed E-state index contributed by atoms with van der Waals surface area (Å²) in [6.07, 6.45) is 5.47. The van der Waals surface area contributed by atoms with Gasteiger partial charge in [0, 0.05) is 32.2 Å². The quantitative estimate of drug-likeness (QED) is 0.796. The Morgan fingerprint density at radius 2 is 2.24 bits per heavy atom. The van der Waals surface area contributed by atoms with Crippen molar-refractivity contribution in [3.63, 3.8) is 0 Å². The maximum absolute atomic E-state index is 5.00. The molecule has 17 heavy (non-hydrogen) atoms. The van der Waals surface area contributed by atoms with Crippen molar-refractivity contribution in [1.82, 2.24) is 14.5 Å². The molecule has 0 spiro atoms. The molecule has 5 heteroatoms. The van der Waals surface area contributed by atoms with E-state index in [9.17, 15) is 0 Å². The van der Waals surface area contributed by atoms with Gasteiger partial charge in [-0.1, -0.05) is 0 Å². The van der Waals surface area contributed by atoms with Gasteiger partial charge in [-0.25, -0.2) is 4.98 Å². The zero-order valence-corrected chi connectivity index (χ0v) is 10.1. The summed E-state index contributed by atoms with van der Waals surface area (Å²) >= 11 is 0. The van der Waals surface area contributed by atoms with Gasteiger partial charge >= 0.3 is 0 Å². The van der Waals surface area contributed by atoms with Crippen LogP contribution in [-0.4, -0.2) is 34.8 Å². The molecule has 0 saturated heterocycles. The van der Waals surface area contributed by atoms with Gasteiger partial charge in [0.1, 0.15) is 0 Å². The van der Waals surface area contributed by atoms with Crippen molar-refractivity contribution >= 4 is 5.95 Å². The molecule has 0 radical (unpaired) electrons. The number of aryl methyl sites for hydroxylation is 1. The van der Waals surface area contributed by atoms with Crippen LogP contribution in [-0.2, 0) is 4.74 Å². The standard InChI is InChI=1S/C12H16N4O/c1-10-11(4-3-5-13-10)16-8-6-14-12(16)15-7-9-17-2/h3-6,8H,7,9H2,1-2H3,(H,14,15). The van der Waals surface area contributed by atoms with Crippen LogP contribution in [0.25, 0.3) is 5.69 Å². The fraction of sp³-hybridized carbons (Fsp3) is 0.333. The first-order chi connectivity index (χ1) is 8.33. The summed E-state index contributed by atoms with van der Waals surface area (Å²) in [5.74, 6) is 0.804. The molecule has 0 aliphatic rings. The van der Waals surface area contributed by atoms with Gasteiger partial charge in [-0.05, 0) is 19.1 Å². The van der Waals surface area contributed by atoms with Crippen LogP contribution >= 0.6 is 0 Å². The van der Waals surface area contributed by atoms with E-state index >= 15 is 0 Å². The summed E-state index contributed by atoms with van der Waals surface area (Å²) in [5.41, 5.74) is 2.00. The molecular weight excluding hydrogens is 216 g/mol. The van der Waals surface area contributed by atoms with Gasteiger partial charge in [0.2, 0.25) is 5.95 Å². The minimum absolute atomic E-state index is 0.652. The van der Waals surface area contributed by atoms with Crippen LogP contribution in [0.15, 0.2) is 30.7 Å². The van der Waals surface area contributed by atoms with E-state index in [-0.39, 0.29) is 0 Å². The van der Waals surface area contributed by atoms with Crippen molar-refractivity contribution in [3.8, 4) is 5.69 Å². The lowest BCUT2D eigenvalue weighted by Crippen LogP contribution is -2.12. The lowest BCUT2D eigenvalue weighted by atomic mass is 10.3. The van der Waals surface area contributed by atoms with Crippen molar-refractivity contribution in [2.24, 2.45) is 0 Å². The maximum Gasteiger partial charge on any atom is 0.207 e. The van der Waals surface area contributed by atoms with Crippen LogP contribution in [0, 0.1) is 6.92 Å². The van der Waals surface area contributed by atoms with Gasteiger partial charge in [0.15, 0.2) is 0 Å². The number of nitrogens with zero attached hydrogens (tertiary/aromatic N) is 3. The Balaban J connectivity index is 2.22. The van der Waals surface area contributed by atoms with E-state index in [1.165, 1.54) is 0 Å². The van der Waals surface area contributed by atoms with E-state index < -0.39 is 0 Å². The van der Waals surface area contributed by atoms with Crippen molar-refractivity contribution in [3.05, 3.63) is 36.4 Å². The predicted octanol–water partition coefficient (Wildman–Crippen LogP) is 1.63. The third kappa shape index (κ3) is 2.62. The normalized spacial score (nSPS) is 10.5. The number of methoxy groups -OCH3 is 1. The highest BCUT2D eigenvalue weighted by molar-refractivity contribution is 5.43. The van der Waals surface area contributed by atoms with Gasteiger partial charge in [0.05, 0.1) is 18.0 Å². The fourth-order valence-corrected chi connectivity index (χ4v) is 1.62. The summed E-state index contributed by atoms with van der Waals surface area (Å²) in [7, 11) is 1.68. The summed E-state index contributed by atoms with van der Waals surface area (Å²) in [4.78, 5) is 8.55. The van der Waals surface area contributed by atoms with Crippen LogP contribution in [0.5, 0.6) is 0 Å². The van der Waals surface area contributed by atoms with Gasteiger partial charge in [-0.3, -0.25) is 9.55 Å². The van der Waals surface area contributed by atoms with Crippen LogP contribution in [0.2, 0.25) is 0 Å². The zero-order valence-electron chi connectivity index (χ0n) is 10.1. The van der Waals surface area contributed by atoms with Crippen molar-refractivity contribution in [2.45, 2.75) is 6.92 Å². The Bertz CT molecular complexity index is 481. The van der Waals surface area contributed by atoms with E-state index in [0.29, 0.717) is 6.61 Å². The van der Waals surface area contributed by atoms with Gasteiger partial charge in [-0.2, -0.15) is 0 Å². The molecule has 2 aromatic rings. The average Bonchev–Trinajstić information content (AvgIpc) is 2.78. The molecular formula is C12H16N4O. The Hall–Kier alpha value is -1.88. The number of hydrogen-bond acceptors (Lipinski definition) is 4. The van der Waals surface area contributed by atoms with Gasteiger partial charge in [0.25, 0.3) is 0 Å². The molecule has 90 valence electrons. The van der Waals surface area contributed by atoms with Gasteiger partial charge in [-0.15, -0.1) is 0 Å². The van der Waals surface area contributed by atoms with Crippen LogP contribution < -0.4 is 5.32 Å². The molecule has 0 aliphatic carbocycles. The largest absolute Gasteiger partial charge is 0.383 e. The number of anilines is 1. The van der Waals surface area contributed by atoms with Gasteiger partial charge < -0.3 is 10.1 Å². The van der Waals surface area contributed by atoms with Crippen LogP contribution in [0.4, 0.5) is 5.95 Å². The van der Waals surface area contributed by atoms with Crippen LogP contribution in [0.3, 0.4) is 0 Å². The molecule has 2 aromatic heterocycles. The molecule has 0 fully saturated rings. The zero-order chi connectivity index (χ0) is 12.1. The number of aromatic nitrogens is 3. The molecule has 0 atom stereocenters. The molecule has 5 nitrogen and oxygen atoms in total. The Kier molecular flexibility index (Phi) is 3.72. The first-order valence-electron chi connectivity index (χ1n) is 5.51. The molecule has 0 aliphatic heterocycles. The second-order valence-corrected chi connectivity index (χ2v) is 3.65. The molecule has 0 unspecified atom stereocenters. The topological polar surface area (TPSA) is 52.0 Å². The maximum atomic E-state index is 5.00. The number of pyridine rings is 1. The van der Waals surface area contributed by atoms with E-state index in [0.717, 1.165) is 23.9 Å². The number of imidazole rings is 1. The first kappa shape index (κ1) is 11.6. The highest BCUT2D eigenvalue weighted by Crippen LogP contribution is 2.16. The highest BCUT2D eigenvalue weighted by atomic mass is 16.5. The summed E-state index contributed by atoms with van der Waals surface area (Å²) in [6, 6.07) is 3.94. The third-order valence-corrected chi connectivity index (χ3v) is 2.47. The Labute approximate surface area is 100 Å². The minimum Gasteiger partial charge on any atom is -0.383 e. The molecule has 1 N–H and O–H groups in total. The molecule has 2 rings (SSSR count). The lowest BCUT2D eigenvalue weighted by molar-refractivity contribution is 0.210. The second kappa shape index (κ2) is 5.45. The van der Waals surface area contributed by atoms with Crippen molar-refractivity contribution in [1.29, 1.82) is 0 Å². The Morgan fingerprint density at radius 1 is 1.35 bits per heavy atom. The summed E-state index contributed by atoms with van der Waals surface area (Å²) in [6.45, 7) is 3.36. The monoisotopic (exact) mass is 232 g/mol. The van der Waals surface area contributed by atoms with E-state index in [1.807, 2.05) is 29.8 Å². The van der Waals surface area contributed by atoms with E-state index in [2.05, 4.69) is 15.3 Å². The molecule has 2 heterocycles. The minimum atomic E-state index is 0.652. The molecule has 0 aromatic carbocycles. The number of rotatable bonds is 5. The number of nitrogens with one attached hydrogen (secondary N) is 1. The SMILES string of the molecule is COCCNc1nccn1-c1cccnc1C. The Morgan fingerprint density at radius 3 is 3.00 bits per heavy atom. The van der Waals surface area contributed by atoms with Crippen molar-refractivity contribution in [2.75, 3.05) is 25.6 Å². The third-order valence-electron chi connectivity index (χ3n) is 2.47. The smallest absolute Gasteiger partial charge is 0.207 e. The van der Waals surface area contributed by atoms with E-state index in [4.69, 9.17) is 4.74 Å². The molecule has 0 saturated carbocycles. The lowest BCUT2D eigenvalue weighted by Gasteiger charge is -2.10. The first-order valence-corrected chi connectivity index (χ1v) is 5.51.